The van der Waals surface area contributed by atoms with Gasteiger partial charge in [0.2, 0.25) is 0 Å². The van der Waals surface area contributed by atoms with E-state index in [0.29, 0.717) is 21.8 Å². The number of nitrogens with zero attached hydrogens (tertiary/aromatic N) is 3. The molecule has 0 saturated heterocycles. The highest BCUT2D eigenvalue weighted by molar-refractivity contribution is 5.97. The number of carbonyl (C=O) groups is 1. The quantitative estimate of drug-likeness (QED) is 0.234. The van der Waals surface area contributed by atoms with Crippen molar-refractivity contribution in [3.8, 4) is 5.69 Å². The van der Waals surface area contributed by atoms with Gasteiger partial charge in [-0.3, -0.25) is 10.2 Å². The molecule has 1 amide bonds. The SMILES string of the molecule is O=C(NN(c1ccn(-c2c(F)cccc2F)n1)c1ccccc1C(F)(F)F)c1ccccc1C(F)(F)F. The van der Waals surface area contributed by atoms with Crippen molar-refractivity contribution >= 4 is 17.4 Å². The number of alkyl halides is 6. The Hall–Kier alpha value is -4.42. The van der Waals surface area contributed by atoms with Crippen molar-refractivity contribution in [2.24, 2.45) is 0 Å². The van der Waals surface area contributed by atoms with Crippen LogP contribution in [0.3, 0.4) is 0 Å². The van der Waals surface area contributed by atoms with Crippen LogP contribution in [0.15, 0.2) is 79.0 Å². The molecule has 1 aromatic heterocycles. The Bertz CT molecular complexity index is 1420. The Balaban J connectivity index is 1.84. The molecule has 0 fully saturated rings. The minimum atomic E-state index is -4.94. The molecule has 13 heteroatoms. The van der Waals surface area contributed by atoms with Gasteiger partial charge in [0.15, 0.2) is 17.5 Å². The molecule has 5 nitrogen and oxygen atoms in total. The van der Waals surface area contributed by atoms with Crippen LogP contribution >= 0.6 is 0 Å². The molecule has 0 unspecified atom stereocenters. The number of anilines is 2. The molecule has 0 saturated carbocycles. The second-order valence-electron chi connectivity index (χ2n) is 7.52. The number of aromatic nitrogens is 2. The van der Waals surface area contributed by atoms with E-state index in [0.717, 1.165) is 60.8 Å². The fourth-order valence-electron chi connectivity index (χ4n) is 3.51. The van der Waals surface area contributed by atoms with Gasteiger partial charge in [-0.15, -0.1) is 5.10 Å². The zero-order valence-electron chi connectivity index (χ0n) is 18.3. The van der Waals surface area contributed by atoms with E-state index in [4.69, 9.17) is 0 Å². The van der Waals surface area contributed by atoms with Gasteiger partial charge in [-0.2, -0.15) is 26.3 Å². The largest absolute Gasteiger partial charge is 0.418 e. The molecule has 4 aromatic rings. The van der Waals surface area contributed by atoms with Crippen molar-refractivity contribution in [1.82, 2.24) is 15.2 Å². The normalized spacial score (nSPS) is 11.9. The second-order valence-corrected chi connectivity index (χ2v) is 7.52. The van der Waals surface area contributed by atoms with Crippen molar-refractivity contribution in [1.29, 1.82) is 0 Å². The summed E-state index contributed by atoms with van der Waals surface area (Å²) in [6.07, 6.45) is -8.87. The van der Waals surface area contributed by atoms with Gasteiger partial charge in [-0.25, -0.2) is 18.5 Å². The molecule has 0 spiro atoms. The highest BCUT2D eigenvalue weighted by atomic mass is 19.4. The molecule has 3 aromatic carbocycles. The van der Waals surface area contributed by atoms with E-state index >= 15 is 0 Å². The minimum absolute atomic E-state index is 0.475. The number of halogens is 8. The first-order chi connectivity index (χ1) is 17.4. The fourth-order valence-corrected chi connectivity index (χ4v) is 3.51. The second kappa shape index (κ2) is 9.56. The van der Waals surface area contributed by atoms with Gasteiger partial charge in [-0.05, 0) is 36.4 Å². The van der Waals surface area contributed by atoms with Crippen LogP contribution in [0.2, 0.25) is 0 Å². The number of hydrogen-bond acceptors (Lipinski definition) is 3. The monoisotopic (exact) mass is 526 g/mol. The lowest BCUT2D eigenvalue weighted by atomic mass is 10.1. The lowest BCUT2D eigenvalue weighted by Gasteiger charge is -2.26. The number of nitrogens with one attached hydrogen (secondary N) is 1. The molecular weight excluding hydrogens is 512 g/mol. The number of carbonyl (C=O) groups excluding carboxylic acids is 1. The first-order valence-electron chi connectivity index (χ1n) is 10.3. The average molecular weight is 526 g/mol. The molecule has 1 N–H and O–H groups in total. The summed E-state index contributed by atoms with van der Waals surface area (Å²) in [4.78, 5) is 12.9. The van der Waals surface area contributed by atoms with Crippen molar-refractivity contribution in [2.75, 3.05) is 5.01 Å². The van der Waals surface area contributed by atoms with E-state index in [-0.39, 0.29) is 0 Å². The molecule has 37 heavy (non-hydrogen) atoms. The van der Waals surface area contributed by atoms with Crippen LogP contribution < -0.4 is 10.4 Å². The molecule has 0 aliphatic rings. The molecule has 4 rings (SSSR count). The van der Waals surface area contributed by atoms with Gasteiger partial charge in [0.1, 0.15) is 5.69 Å². The number of amides is 1. The topological polar surface area (TPSA) is 50.2 Å². The van der Waals surface area contributed by atoms with Crippen LogP contribution in [0, 0.1) is 11.6 Å². The Morgan fingerprint density at radius 1 is 0.757 bits per heavy atom. The van der Waals surface area contributed by atoms with E-state index in [1.807, 2.05) is 5.43 Å². The highest BCUT2D eigenvalue weighted by Crippen LogP contribution is 2.38. The van der Waals surface area contributed by atoms with Gasteiger partial charge >= 0.3 is 12.4 Å². The van der Waals surface area contributed by atoms with Gasteiger partial charge in [-0.1, -0.05) is 30.3 Å². The van der Waals surface area contributed by atoms with Crippen LogP contribution in [0.5, 0.6) is 0 Å². The zero-order chi connectivity index (χ0) is 27.0. The van der Waals surface area contributed by atoms with Gasteiger partial charge in [0, 0.05) is 12.3 Å². The fraction of sp³-hybridized carbons (Fsp3) is 0.0833. The summed E-state index contributed by atoms with van der Waals surface area (Å²) in [5.41, 5.74) is -2.80. The van der Waals surface area contributed by atoms with Crippen LogP contribution in [0.1, 0.15) is 21.5 Å². The van der Waals surface area contributed by atoms with Crippen molar-refractivity contribution < 1.29 is 39.9 Å². The predicted molar refractivity (Wildman–Crippen MR) is 116 cm³/mol. The van der Waals surface area contributed by atoms with Gasteiger partial charge < -0.3 is 0 Å². The third kappa shape index (κ3) is 5.25. The van der Waals surface area contributed by atoms with E-state index in [2.05, 4.69) is 5.10 Å². The molecule has 0 radical (unpaired) electrons. The summed E-state index contributed by atoms with van der Waals surface area (Å²) in [5, 5.41) is 4.37. The Morgan fingerprint density at radius 2 is 1.32 bits per heavy atom. The Labute approximate surface area is 203 Å². The summed E-state index contributed by atoms with van der Waals surface area (Å²) in [6, 6.07) is 11.5. The van der Waals surface area contributed by atoms with E-state index in [1.54, 1.807) is 0 Å². The molecule has 0 aliphatic heterocycles. The van der Waals surface area contributed by atoms with Gasteiger partial charge in [0.05, 0.1) is 22.4 Å². The van der Waals surface area contributed by atoms with Crippen molar-refractivity contribution in [3.63, 3.8) is 0 Å². The molecule has 0 aliphatic carbocycles. The first kappa shape index (κ1) is 25.7. The number of rotatable bonds is 5. The number of hydrogen-bond donors (Lipinski definition) is 1. The Morgan fingerprint density at radius 3 is 1.95 bits per heavy atom. The first-order valence-corrected chi connectivity index (χ1v) is 10.3. The maximum absolute atomic E-state index is 14.2. The number of para-hydroxylation sites is 2. The Kier molecular flexibility index (Phi) is 6.63. The predicted octanol–water partition coefficient (Wildman–Crippen LogP) is 6.67. The maximum atomic E-state index is 14.2. The van der Waals surface area contributed by atoms with Crippen LogP contribution in [0.25, 0.3) is 5.69 Å². The van der Waals surface area contributed by atoms with Gasteiger partial charge in [0.25, 0.3) is 5.91 Å². The van der Waals surface area contributed by atoms with E-state index in [1.165, 1.54) is 6.07 Å². The summed E-state index contributed by atoms with van der Waals surface area (Å²) >= 11 is 0. The third-order valence-corrected chi connectivity index (χ3v) is 5.11. The molecular formula is C24H14F8N4O. The number of benzene rings is 3. The lowest BCUT2D eigenvalue weighted by Crippen LogP contribution is -2.41. The number of hydrazine groups is 1. The minimum Gasteiger partial charge on any atom is -0.267 e. The maximum Gasteiger partial charge on any atom is 0.418 e. The van der Waals surface area contributed by atoms with Crippen LogP contribution in [-0.4, -0.2) is 15.7 Å². The smallest absolute Gasteiger partial charge is 0.267 e. The van der Waals surface area contributed by atoms with E-state index < -0.39 is 63.8 Å². The van der Waals surface area contributed by atoms with Crippen LogP contribution in [0.4, 0.5) is 46.6 Å². The molecule has 0 bridgehead atoms. The highest BCUT2D eigenvalue weighted by Gasteiger charge is 2.38. The zero-order valence-corrected chi connectivity index (χ0v) is 18.3. The van der Waals surface area contributed by atoms with E-state index in [9.17, 15) is 39.9 Å². The average Bonchev–Trinajstić information content (AvgIpc) is 3.30. The lowest BCUT2D eigenvalue weighted by molar-refractivity contribution is -0.138. The molecule has 0 atom stereocenters. The summed E-state index contributed by atoms with van der Waals surface area (Å²) in [5.74, 6) is -3.96. The van der Waals surface area contributed by atoms with Crippen molar-refractivity contribution in [3.05, 3.63) is 107 Å². The summed E-state index contributed by atoms with van der Waals surface area (Å²) in [6.45, 7) is 0. The summed E-state index contributed by atoms with van der Waals surface area (Å²) in [7, 11) is 0. The standard InChI is InChI=1S/C24H14F8N4O/c25-17-9-5-10-18(26)21(17)35-13-12-20(33-35)36(19-11-4-3-8-16(19)24(30,31)32)34-22(37)14-6-1-2-7-15(14)23(27,28)29/h1-13H,(H,34,37). The van der Waals surface area contributed by atoms with Crippen molar-refractivity contribution in [2.45, 2.75) is 12.4 Å². The molecule has 1 heterocycles. The van der Waals surface area contributed by atoms with Crippen LogP contribution in [-0.2, 0) is 12.4 Å². The molecule has 192 valence electrons. The third-order valence-electron chi connectivity index (χ3n) is 5.11. The summed E-state index contributed by atoms with van der Waals surface area (Å²) < 4.78 is 111.